The van der Waals surface area contributed by atoms with E-state index in [0.717, 1.165) is 0 Å². The van der Waals surface area contributed by atoms with Gasteiger partial charge in [0, 0.05) is 0 Å². The van der Waals surface area contributed by atoms with Crippen molar-refractivity contribution in [1.29, 1.82) is 0 Å². The van der Waals surface area contributed by atoms with E-state index in [2.05, 4.69) is 17.0 Å². The van der Waals surface area contributed by atoms with Crippen LogP contribution in [-0.4, -0.2) is 6.26 Å². The fraction of sp³-hybridized carbons (Fsp3) is 0.250. The maximum absolute atomic E-state index is 8.49. The maximum atomic E-state index is 8.49. The Morgan fingerprint density at radius 2 is 1.92 bits per heavy atom. The van der Waals surface area contributed by atoms with Gasteiger partial charge in [0.05, 0.1) is 22.7 Å². The lowest BCUT2D eigenvalue weighted by Crippen LogP contribution is -2.68. The molecule has 0 aliphatic rings. The first-order valence-corrected chi connectivity index (χ1v) is 6.66. The third kappa shape index (κ3) is 10.5. The van der Waals surface area contributed by atoms with Crippen molar-refractivity contribution in [3.63, 3.8) is 0 Å². The van der Waals surface area contributed by atoms with E-state index in [-0.39, 0.29) is 0 Å². The van der Waals surface area contributed by atoms with Gasteiger partial charge in [-0.15, -0.1) is 10.2 Å². The molecule has 12 heavy (non-hydrogen) atoms. The largest absolute Gasteiger partial charge is 0.311 e. The van der Waals surface area contributed by atoms with E-state index in [1.807, 2.05) is 11.8 Å². The van der Waals surface area contributed by atoms with Gasteiger partial charge in [0.25, 0.3) is 0 Å². The Labute approximate surface area is 83.9 Å². The third-order valence-corrected chi connectivity index (χ3v) is 4.14. The smallest absolute Gasteiger partial charge is 0.222 e. The molecule has 0 N–H and O–H groups in total. The van der Waals surface area contributed by atoms with Crippen LogP contribution in [0.3, 0.4) is 0 Å². The Morgan fingerprint density at radius 1 is 1.42 bits per heavy atom. The molecule has 1 heterocycles. The summed E-state index contributed by atoms with van der Waals surface area (Å²) >= 11 is 5.42. The Bertz CT molecular complexity index is 191. The predicted molar refractivity (Wildman–Crippen MR) is 38.4 cm³/mol. The normalized spacial score (nSPS) is 10.4. The van der Waals surface area contributed by atoms with Crippen LogP contribution in [0.15, 0.2) is 14.3 Å². The molecule has 0 fully saturated rings. The summed E-state index contributed by atoms with van der Waals surface area (Å²) in [5.41, 5.74) is 0. The lowest BCUT2D eigenvalue weighted by Gasteiger charge is -2.17. The van der Waals surface area contributed by atoms with Gasteiger partial charge in [-0.2, -0.15) is 0 Å². The van der Waals surface area contributed by atoms with Crippen LogP contribution in [0, 0.1) is 10.2 Å². The van der Waals surface area contributed by atoms with Gasteiger partial charge in [0.2, 0.25) is 0 Å². The first kappa shape index (κ1) is 12.5. The molecule has 1 rings (SSSR count). The standard InChI is InChI=1S/C4H5S3.ClHO4/c1-5-4-6-2-3-7-4;2-1(3,4)5/h2-3H,1H3;(H,2,3,4,5)/q+1;/p-1. The molecule has 0 spiro atoms. The zero-order chi connectivity index (χ0) is 9.61. The zero-order valence-corrected chi connectivity index (χ0v) is 9.10. The molecule has 0 amide bonds. The highest BCUT2D eigenvalue weighted by atomic mass is 35.7. The second-order valence-electron chi connectivity index (χ2n) is 1.34. The lowest BCUT2D eigenvalue weighted by molar-refractivity contribution is -2.00. The van der Waals surface area contributed by atoms with Crippen LogP contribution in [0.25, 0.3) is 0 Å². The van der Waals surface area contributed by atoms with Crippen molar-refractivity contribution in [3.8, 4) is 0 Å². The van der Waals surface area contributed by atoms with Crippen LogP contribution >= 0.6 is 34.4 Å². The number of rotatable bonds is 1. The molecule has 0 saturated carbocycles. The van der Waals surface area contributed by atoms with E-state index in [4.69, 9.17) is 18.6 Å². The maximum Gasteiger partial charge on any atom is 0.311 e. The summed E-state index contributed by atoms with van der Waals surface area (Å²) in [6, 6.07) is 0. The van der Waals surface area contributed by atoms with Gasteiger partial charge in [-0.25, -0.2) is 18.6 Å². The van der Waals surface area contributed by atoms with Crippen LogP contribution in [0.4, 0.5) is 0 Å². The average molecular weight is 249 g/mol. The molecule has 0 saturated heterocycles. The highest BCUT2D eigenvalue weighted by Gasteiger charge is 2.00. The van der Waals surface area contributed by atoms with Crippen LogP contribution in [0.5, 0.6) is 0 Å². The molecule has 1 aromatic rings. The Morgan fingerprint density at radius 3 is 2.08 bits per heavy atom. The Balaban J connectivity index is 0.000000217. The van der Waals surface area contributed by atoms with E-state index in [9.17, 15) is 0 Å². The molecule has 0 radical (unpaired) electrons. The van der Waals surface area contributed by atoms with Crippen LogP contribution in [-0.2, 0) is 0 Å². The van der Waals surface area contributed by atoms with Gasteiger partial charge in [0.1, 0.15) is 10.8 Å². The van der Waals surface area contributed by atoms with Gasteiger partial charge < -0.3 is 0 Å². The molecular weight excluding hydrogens is 244 g/mol. The van der Waals surface area contributed by atoms with E-state index in [1.165, 1.54) is 3.52 Å². The molecule has 4 nitrogen and oxygen atoms in total. The molecule has 0 aromatic carbocycles. The fourth-order valence-electron chi connectivity index (χ4n) is 0.291. The van der Waals surface area contributed by atoms with Crippen molar-refractivity contribution in [2.24, 2.45) is 0 Å². The summed E-state index contributed by atoms with van der Waals surface area (Å²) < 4.78 is 35.4. The molecule has 0 aliphatic heterocycles. The molecular formula is C4H5ClO4S3. The predicted octanol–water partition coefficient (Wildman–Crippen LogP) is -1.94. The minimum Gasteiger partial charge on any atom is -0.222 e. The topological polar surface area (TPSA) is 92.2 Å². The fourth-order valence-corrected chi connectivity index (χ4v) is 2.62. The van der Waals surface area contributed by atoms with Crippen LogP contribution < -0.4 is 18.6 Å². The van der Waals surface area contributed by atoms with E-state index >= 15 is 0 Å². The minimum atomic E-state index is -4.94. The number of hydrogen-bond donors (Lipinski definition) is 0. The first-order chi connectivity index (χ1) is 5.43. The second kappa shape index (κ2) is 6.06. The number of thioether (sulfide) groups is 1. The van der Waals surface area contributed by atoms with Gasteiger partial charge >= 0.3 is 3.52 Å². The van der Waals surface area contributed by atoms with Gasteiger partial charge in [-0.1, -0.05) is 11.8 Å². The molecule has 0 unspecified atom stereocenters. The van der Waals surface area contributed by atoms with Crippen molar-refractivity contribution in [3.05, 3.63) is 10.8 Å². The SMILES string of the molecule is CSc1scc[s+]1.[O-][Cl+3]([O-])([O-])[O-]. The first-order valence-electron chi connectivity index (χ1n) is 2.44. The Kier molecular flexibility index (Phi) is 6.32. The van der Waals surface area contributed by atoms with Crippen molar-refractivity contribution in [1.82, 2.24) is 0 Å². The molecule has 0 atom stereocenters. The summed E-state index contributed by atoms with van der Waals surface area (Å²) in [5, 5.41) is 4.22. The number of halogens is 1. The highest BCUT2D eigenvalue weighted by Crippen LogP contribution is 2.25. The van der Waals surface area contributed by atoms with E-state index in [0.29, 0.717) is 0 Å². The molecule has 0 bridgehead atoms. The van der Waals surface area contributed by atoms with Crippen LogP contribution in [0.1, 0.15) is 0 Å². The summed E-state index contributed by atoms with van der Waals surface area (Å²) in [6.07, 6.45) is 2.10. The van der Waals surface area contributed by atoms with Crippen LogP contribution in [0.2, 0.25) is 0 Å². The Hall–Kier alpha value is 0.530. The number of hydrogen-bond acceptors (Lipinski definition) is 6. The summed E-state index contributed by atoms with van der Waals surface area (Å²) in [4.78, 5) is 0. The highest BCUT2D eigenvalue weighted by molar-refractivity contribution is 8.02. The second-order valence-corrected chi connectivity index (χ2v) is 5.52. The van der Waals surface area contributed by atoms with Crippen molar-refractivity contribution in [2.75, 3.05) is 6.26 Å². The van der Waals surface area contributed by atoms with E-state index in [1.54, 1.807) is 22.7 Å². The molecule has 1 aromatic heterocycles. The van der Waals surface area contributed by atoms with Gasteiger partial charge in [-0.3, -0.25) is 0 Å². The van der Waals surface area contributed by atoms with Crippen molar-refractivity contribution < 1.29 is 28.9 Å². The zero-order valence-electron chi connectivity index (χ0n) is 5.89. The minimum absolute atomic E-state index is 1.43. The van der Waals surface area contributed by atoms with E-state index < -0.39 is 10.2 Å². The average Bonchev–Trinajstić information content (AvgIpc) is 2.33. The van der Waals surface area contributed by atoms with Crippen molar-refractivity contribution in [2.45, 2.75) is 3.52 Å². The summed E-state index contributed by atoms with van der Waals surface area (Å²) in [7, 11) is -4.94. The summed E-state index contributed by atoms with van der Waals surface area (Å²) in [5.74, 6) is 0. The van der Waals surface area contributed by atoms with Crippen molar-refractivity contribution >= 4 is 34.4 Å². The van der Waals surface area contributed by atoms with Gasteiger partial charge in [0.15, 0.2) is 0 Å². The molecule has 0 aliphatic carbocycles. The van der Waals surface area contributed by atoms with Gasteiger partial charge in [-0.05, 0) is 6.26 Å². The lowest BCUT2D eigenvalue weighted by atomic mass is 11.2. The third-order valence-electron chi connectivity index (χ3n) is 0.551. The monoisotopic (exact) mass is 248 g/mol. The summed E-state index contributed by atoms with van der Waals surface area (Å²) in [6.45, 7) is 0. The molecule has 8 heteroatoms. The quantitative estimate of drug-likeness (QED) is 0.426. The molecule has 70 valence electrons.